The Kier molecular flexibility index (Phi) is 8.36. The number of amides is 2. The highest BCUT2D eigenvalue weighted by molar-refractivity contribution is 9.10. The van der Waals surface area contributed by atoms with E-state index in [-0.39, 0.29) is 29.8 Å². The molecule has 2 fully saturated rings. The molecule has 2 aliphatic heterocycles. The fourth-order valence-corrected chi connectivity index (χ4v) is 6.27. The number of piperidine rings is 1. The van der Waals surface area contributed by atoms with Crippen molar-refractivity contribution in [3.05, 3.63) is 76.3 Å². The molecule has 7 nitrogen and oxygen atoms in total. The van der Waals surface area contributed by atoms with Crippen LogP contribution in [0.15, 0.2) is 65.1 Å². The Morgan fingerprint density at radius 1 is 1.02 bits per heavy atom. The second-order valence-corrected chi connectivity index (χ2v) is 12.2. The molecule has 0 spiro atoms. The maximum atomic E-state index is 16.1. The van der Waals surface area contributed by atoms with Gasteiger partial charge in [-0.25, -0.2) is 0 Å². The van der Waals surface area contributed by atoms with Crippen molar-refractivity contribution in [2.24, 2.45) is 5.73 Å². The predicted octanol–water partition coefficient (Wildman–Crippen LogP) is 5.18. The number of nitrogens with one attached hydrogen (secondary N) is 1. The van der Waals surface area contributed by atoms with E-state index in [2.05, 4.69) is 21.2 Å². The van der Waals surface area contributed by atoms with Gasteiger partial charge in [-0.3, -0.25) is 9.59 Å². The summed E-state index contributed by atoms with van der Waals surface area (Å²) in [6.07, 6.45) is 0.636. The number of aliphatic hydroxyl groups is 1. The van der Waals surface area contributed by atoms with Crippen LogP contribution in [-0.4, -0.2) is 52.1 Å². The number of ether oxygens (including phenoxy) is 1. The van der Waals surface area contributed by atoms with E-state index in [1.54, 1.807) is 30.3 Å². The van der Waals surface area contributed by atoms with Crippen LogP contribution in [-0.2, 0) is 15.5 Å². The van der Waals surface area contributed by atoms with E-state index in [0.29, 0.717) is 35.9 Å². The molecule has 0 radical (unpaired) electrons. The zero-order valence-corrected chi connectivity index (χ0v) is 24.5. The number of alkyl halides is 2. The van der Waals surface area contributed by atoms with Gasteiger partial charge in [0.15, 0.2) is 12.1 Å². The molecule has 0 saturated carbocycles. The summed E-state index contributed by atoms with van der Waals surface area (Å²) in [5.41, 5.74) is 5.94. The minimum absolute atomic E-state index is 0.000277. The van der Waals surface area contributed by atoms with Crippen molar-refractivity contribution in [3.8, 4) is 5.75 Å². The van der Waals surface area contributed by atoms with Crippen LogP contribution < -0.4 is 15.8 Å². The molecule has 0 aromatic heterocycles. The van der Waals surface area contributed by atoms with E-state index in [0.717, 1.165) is 10.8 Å². The van der Waals surface area contributed by atoms with Crippen molar-refractivity contribution in [3.63, 3.8) is 0 Å². The van der Waals surface area contributed by atoms with E-state index in [4.69, 9.17) is 10.5 Å². The molecule has 4 N–H and O–H groups in total. The Labute approximate surface area is 246 Å². The van der Waals surface area contributed by atoms with E-state index in [1.807, 2.05) is 19.9 Å². The Bertz CT molecular complexity index is 1420. The summed E-state index contributed by atoms with van der Waals surface area (Å²) in [5, 5.41) is 14.8. The quantitative estimate of drug-likeness (QED) is 0.318. The highest BCUT2D eigenvalue weighted by Gasteiger charge is 2.53. The Balaban J connectivity index is 1.42. The van der Waals surface area contributed by atoms with Crippen molar-refractivity contribution < 1.29 is 28.2 Å². The molecule has 2 amide bonds. The number of nitrogens with two attached hydrogens (primary N) is 1. The molecular weight excluding hydrogens is 596 g/mol. The average Bonchev–Trinajstić information content (AvgIpc) is 3.20. The molecule has 4 atom stereocenters. The van der Waals surface area contributed by atoms with Gasteiger partial charge < -0.3 is 25.8 Å². The number of fused-ring (bicyclic) bond motifs is 3. The maximum Gasteiger partial charge on any atom is 0.302 e. The Morgan fingerprint density at radius 3 is 2.27 bits per heavy atom. The summed E-state index contributed by atoms with van der Waals surface area (Å²) >= 11 is 3.25. The van der Waals surface area contributed by atoms with E-state index in [1.165, 1.54) is 29.2 Å². The molecule has 2 bridgehead atoms. The van der Waals surface area contributed by atoms with Gasteiger partial charge in [-0.05, 0) is 86.2 Å². The van der Waals surface area contributed by atoms with E-state index < -0.39 is 35.4 Å². The third kappa shape index (κ3) is 6.10. The van der Waals surface area contributed by atoms with Crippen molar-refractivity contribution in [1.82, 2.24) is 10.2 Å². The van der Waals surface area contributed by atoms with Gasteiger partial charge in [0.2, 0.25) is 0 Å². The zero-order chi connectivity index (χ0) is 29.5. The number of benzene rings is 3. The molecule has 2 saturated heterocycles. The minimum Gasteiger partial charge on any atom is -0.491 e. The van der Waals surface area contributed by atoms with Gasteiger partial charge in [0.25, 0.3) is 11.8 Å². The van der Waals surface area contributed by atoms with Crippen molar-refractivity contribution >= 4 is 38.5 Å². The number of halogens is 3. The molecule has 10 heteroatoms. The molecule has 3 aromatic rings. The number of carbonyl (C=O) groups is 2. The van der Waals surface area contributed by atoms with Gasteiger partial charge in [-0.2, -0.15) is 8.78 Å². The average molecular weight is 631 g/mol. The van der Waals surface area contributed by atoms with Crippen LogP contribution in [0.5, 0.6) is 5.75 Å². The second-order valence-electron chi connectivity index (χ2n) is 11.3. The third-order valence-electron chi connectivity index (χ3n) is 7.92. The smallest absolute Gasteiger partial charge is 0.302 e. The molecule has 5 rings (SSSR count). The first-order chi connectivity index (χ1) is 19.4. The first-order valence-electron chi connectivity index (χ1n) is 13.8. The van der Waals surface area contributed by atoms with Crippen LogP contribution in [0.25, 0.3) is 10.8 Å². The molecule has 218 valence electrons. The van der Waals surface area contributed by atoms with Crippen LogP contribution in [0.3, 0.4) is 0 Å². The summed E-state index contributed by atoms with van der Waals surface area (Å²) in [6, 6.07) is 12.8. The second kappa shape index (κ2) is 11.7. The third-order valence-corrected chi connectivity index (χ3v) is 8.45. The summed E-state index contributed by atoms with van der Waals surface area (Å²) < 4.78 is 38.5. The number of carbonyl (C=O) groups excluding carboxylic acids is 2. The van der Waals surface area contributed by atoms with Crippen LogP contribution >= 0.6 is 15.9 Å². The molecule has 41 heavy (non-hydrogen) atoms. The van der Waals surface area contributed by atoms with Crippen LogP contribution in [0.1, 0.15) is 56.8 Å². The standard InChI is InChI=1S/C31H34BrF2N3O4/c1-17(2)41-26-12-5-18-13-20(4-3-19(18)14-26)27(38)29(39)36-28(31(33,34)21-6-8-22(32)9-7-21)30(40)37-24-10-11-25(37)16-23(35)15-24/h3-9,12-14,17,23-25,27-28,38H,10-11,15-16,35H2,1-2H3,(H,36,39)/t23?,24?,25?,27-,28-/m1/s1. The highest BCUT2D eigenvalue weighted by atomic mass is 79.9. The zero-order valence-electron chi connectivity index (χ0n) is 22.9. The number of aliphatic hydroxyl groups excluding tert-OH is 1. The van der Waals surface area contributed by atoms with E-state index >= 15 is 8.78 Å². The topological polar surface area (TPSA) is 105 Å². The van der Waals surface area contributed by atoms with Crippen molar-refractivity contribution in [2.75, 3.05) is 0 Å². The molecule has 2 unspecified atom stereocenters. The molecule has 2 heterocycles. The fourth-order valence-electron chi connectivity index (χ4n) is 6.00. The van der Waals surface area contributed by atoms with Crippen LogP contribution in [0.4, 0.5) is 8.78 Å². The van der Waals surface area contributed by atoms with Gasteiger partial charge >= 0.3 is 5.92 Å². The van der Waals surface area contributed by atoms with Gasteiger partial charge in [-0.1, -0.05) is 46.3 Å². The monoisotopic (exact) mass is 629 g/mol. The number of hydrogen-bond acceptors (Lipinski definition) is 5. The molecule has 3 aromatic carbocycles. The lowest BCUT2D eigenvalue weighted by Gasteiger charge is -2.41. The summed E-state index contributed by atoms with van der Waals surface area (Å²) in [4.78, 5) is 28.6. The SMILES string of the molecule is CC(C)Oc1ccc2cc([C@@H](O)C(=O)N[C@H](C(=O)N3C4CCC3CC(N)C4)C(F)(F)c3ccc(Br)cc3)ccc2c1. The highest BCUT2D eigenvalue weighted by Crippen LogP contribution is 2.40. The summed E-state index contributed by atoms with van der Waals surface area (Å²) in [6.45, 7) is 3.84. The van der Waals surface area contributed by atoms with Crippen LogP contribution in [0, 0.1) is 0 Å². The first-order valence-corrected chi connectivity index (χ1v) is 14.6. The van der Waals surface area contributed by atoms with Crippen LogP contribution in [0.2, 0.25) is 0 Å². The molecule has 2 aliphatic rings. The largest absolute Gasteiger partial charge is 0.491 e. The molecule has 0 aliphatic carbocycles. The number of nitrogens with zero attached hydrogens (tertiary/aromatic N) is 1. The lowest BCUT2D eigenvalue weighted by Crippen LogP contribution is -2.61. The Hall–Kier alpha value is -3.08. The lowest BCUT2D eigenvalue weighted by molar-refractivity contribution is -0.155. The fraction of sp³-hybridized carbons (Fsp3) is 0.419. The summed E-state index contributed by atoms with van der Waals surface area (Å²) in [5.74, 6) is -5.01. The van der Waals surface area contributed by atoms with Gasteiger partial charge in [0.05, 0.1) is 6.10 Å². The minimum atomic E-state index is -3.75. The first kappa shape index (κ1) is 29.4. The molecular formula is C31H34BrF2N3O4. The van der Waals surface area contributed by atoms with Crippen molar-refractivity contribution in [1.29, 1.82) is 0 Å². The normalized spacial score (nSPS) is 22.0. The number of rotatable bonds is 8. The predicted molar refractivity (Wildman–Crippen MR) is 156 cm³/mol. The summed E-state index contributed by atoms with van der Waals surface area (Å²) in [7, 11) is 0. The van der Waals surface area contributed by atoms with E-state index in [9.17, 15) is 14.7 Å². The maximum absolute atomic E-state index is 16.1. The van der Waals surface area contributed by atoms with Gasteiger partial charge in [-0.15, -0.1) is 0 Å². The van der Waals surface area contributed by atoms with Crippen molar-refractivity contribution in [2.45, 2.75) is 81.8 Å². The Morgan fingerprint density at radius 2 is 1.63 bits per heavy atom. The van der Waals surface area contributed by atoms with Gasteiger partial charge in [0, 0.05) is 28.2 Å². The lowest BCUT2D eigenvalue weighted by atomic mass is 9.94. The number of hydrogen-bond donors (Lipinski definition) is 3. The van der Waals surface area contributed by atoms with Gasteiger partial charge in [0.1, 0.15) is 5.75 Å².